The highest BCUT2D eigenvalue weighted by molar-refractivity contribution is 7.93. The third-order valence-corrected chi connectivity index (χ3v) is 8.75. The molecule has 1 heterocycles. The van der Waals surface area contributed by atoms with Crippen molar-refractivity contribution in [3.63, 3.8) is 0 Å². The Hall–Kier alpha value is -3.41. The number of amides is 1. The van der Waals surface area contributed by atoms with Crippen LogP contribution in [0.5, 0.6) is 5.75 Å². The average molecular weight is 506 g/mol. The molecular formula is C28H31N3O4S. The lowest BCUT2D eigenvalue weighted by Crippen LogP contribution is -2.53. The second-order valence-corrected chi connectivity index (χ2v) is 11.6. The minimum absolute atomic E-state index is 0.0617. The monoisotopic (exact) mass is 505 g/mol. The van der Waals surface area contributed by atoms with Crippen LogP contribution >= 0.6 is 0 Å². The van der Waals surface area contributed by atoms with E-state index in [-0.39, 0.29) is 43.4 Å². The molecule has 188 valence electrons. The molecule has 1 fully saturated rings. The first-order valence-corrected chi connectivity index (χ1v) is 13.4. The maximum absolute atomic E-state index is 13.9. The molecule has 36 heavy (non-hydrogen) atoms. The zero-order valence-corrected chi connectivity index (χ0v) is 21.9. The van der Waals surface area contributed by atoms with E-state index in [2.05, 4.69) is 6.07 Å². The first-order chi connectivity index (χ1) is 17.0. The number of aryl methyl sites for hydroxylation is 3. The van der Waals surface area contributed by atoms with Crippen LogP contribution in [-0.2, 0) is 10.0 Å². The second-order valence-electron chi connectivity index (χ2n) is 9.71. The number of sulfonamides is 1. The standard InChI is InChI=1S/C28H31N3O4S/c1-20-6-5-7-24(15-20)27(32)30-10-12-31(13-11-30)36(33,34)26-18-23(19-29)8-9-28(26,4)35-25-16-21(2)14-22(3)17-25/h5-8,14-18H,9-13H2,1-4H3. The predicted molar refractivity (Wildman–Crippen MR) is 139 cm³/mol. The molecule has 1 unspecified atom stereocenters. The molecule has 0 bridgehead atoms. The number of carbonyl (C=O) groups excluding carboxylic acids is 1. The van der Waals surface area contributed by atoms with Gasteiger partial charge in [-0.05, 0) is 69.2 Å². The highest BCUT2D eigenvalue weighted by Crippen LogP contribution is 2.38. The van der Waals surface area contributed by atoms with Crippen molar-refractivity contribution in [1.29, 1.82) is 5.26 Å². The number of hydrogen-bond donors (Lipinski definition) is 0. The van der Waals surface area contributed by atoms with Crippen LogP contribution in [0, 0.1) is 32.1 Å². The maximum atomic E-state index is 13.9. The number of carbonyl (C=O) groups is 1. The van der Waals surface area contributed by atoms with E-state index in [0.29, 0.717) is 16.9 Å². The first-order valence-electron chi connectivity index (χ1n) is 12.0. The van der Waals surface area contributed by atoms with Crippen LogP contribution in [0.2, 0.25) is 0 Å². The third kappa shape index (κ3) is 5.23. The topological polar surface area (TPSA) is 90.7 Å². The van der Waals surface area contributed by atoms with Crippen molar-refractivity contribution >= 4 is 15.9 Å². The van der Waals surface area contributed by atoms with Crippen molar-refractivity contribution in [1.82, 2.24) is 9.21 Å². The van der Waals surface area contributed by atoms with Gasteiger partial charge in [0, 0.05) is 43.7 Å². The number of hydrogen-bond acceptors (Lipinski definition) is 5. The number of nitrogens with zero attached hydrogens (tertiary/aromatic N) is 3. The number of nitriles is 1. The molecule has 2 aromatic carbocycles. The zero-order chi connectivity index (χ0) is 26.1. The lowest BCUT2D eigenvalue weighted by Gasteiger charge is -2.39. The predicted octanol–water partition coefficient (Wildman–Crippen LogP) is 4.27. The Balaban J connectivity index is 1.57. The van der Waals surface area contributed by atoms with Crippen LogP contribution in [-0.4, -0.2) is 55.3 Å². The van der Waals surface area contributed by atoms with Gasteiger partial charge in [0.2, 0.25) is 10.0 Å². The van der Waals surface area contributed by atoms with E-state index in [1.807, 2.05) is 57.2 Å². The quantitative estimate of drug-likeness (QED) is 0.605. The van der Waals surface area contributed by atoms with Gasteiger partial charge in [0.25, 0.3) is 5.91 Å². The molecule has 2 aromatic rings. The number of ether oxygens (including phenoxy) is 1. The van der Waals surface area contributed by atoms with Gasteiger partial charge >= 0.3 is 0 Å². The smallest absolute Gasteiger partial charge is 0.253 e. The number of rotatable bonds is 5. The van der Waals surface area contributed by atoms with E-state index >= 15 is 0 Å². The highest BCUT2D eigenvalue weighted by atomic mass is 32.2. The third-order valence-electron chi connectivity index (χ3n) is 6.60. The van der Waals surface area contributed by atoms with Crippen molar-refractivity contribution in [2.24, 2.45) is 0 Å². The summed E-state index contributed by atoms with van der Waals surface area (Å²) in [6.45, 7) is 8.51. The summed E-state index contributed by atoms with van der Waals surface area (Å²) in [7, 11) is -3.96. The number of piperazine rings is 1. The molecule has 7 nitrogen and oxygen atoms in total. The molecule has 0 N–H and O–H groups in total. The number of benzene rings is 2. The first kappa shape index (κ1) is 25.7. The van der Waals surface area contributed by atoms with Gasteiger partial charge < -0.3 is 9.64 Å². The largest absolute Gasteiger partial charge is 0.482 e. The fourth-order valence-corrected chi connectivity index (χ4v) is 6.63. The van der Waals surface area contributed by atoms with Gasteiger partial charge in [0.1, 0.15) is 16.3 Å². The molecule has 0 saturated carbocycles. The van der Waals surface area contributed by atoms with Crippen molar-refractivity contribution in [2.75, 3.05) is 26.2 Å². The van der Waals surface area contributed by atoms with Crippen LogP contribution in [0.25, 0.3) is 0 Å². The Morgan fingerprint density at radius 1 is 1.00 bits per heavy atom. The van der Waals surface area contributed by atoms with Gasteiger partial charge in [0.15, 0.2) is 0 Å². The Kier molecular flexibility index (Phi) is 7.07. The number of allylic oxidation sites excluding steroid dienone is 2. The van der Waals surface area contributed by atoms with Crippen LogP contribution in [0.1, 0.15) is 40.4 Å². The molecule has 2 aliphatic rings. The maximum Gasteiger partial charge on any atom is 0.253 e. The molecule has 0 spiro atoms. The lowest BCUT2D eigenvalue weighted by molar-refractivity contribution is 0.0696. The van der Waals surface area contributed by atoms with Crippen LogP contribution in [0.15, 0.2) is 65.1 Å². The van der Waals surface area contributed by atoms with Crippen LogP contribution in [0.3, 0.4) is 0 Å². The van der Waals surface area contributed by atoms with E-state index in [0.717, 1.165) is 16.7 Å². The molecule has 4 rings (SSSR count). The molecule has 0 aromatic heterocycles. The normalized spacial score (nSPS) is 20.8. The Labute approximate surface area is 213 Å². The molecule has 1 aliphatic heterocycles. The van der Waals surface area contributed by atoms with E-state index in [9.17, 15) is 18.5 Å². The highest BCUT2D eigenvalue weighted by Gasteiger charge is 2.44. The van der Waals surface area contributed by atoms with Gasteiger partial charge in [-0.25, -0.2) is 8.42 Å². The van der Waals surface area contributed by atoms with E-state index in [1.165, 1.54) is 10.4 Å². The minimum Gasteiger partial charge on any atom is -0.482 e. The summed E-state index contributed by atoms with van der Waals surface area (Å²) in [6.07, 6.45) is 3.38. The Morgan fingerprint density at radius 2 is 1.67 bits per heavy atom. The fraction of sp³-hybridized carbons (Fsp3) is 0.357. The van der Waals surface area contributed by atoms with Crippen LogP contribution in [0.4, 0.5) is 0 Å². The van der Waals surface area contributed by atoms with Gasteiger partial charge in [-0.15, -0.1) is 0 Å². The summed E-state index contributed by atoms with van der Waals surface area (Å²) in [5.41, 5.74) is 2.74. The summed E-state index contributed by atoms with van der Waals surface area (Å²) in [5, 5.41) is 9.48. The molecule has 1 amide bonds. The van der Waals surface area contributed by atoms with Gasteiger partial charge in [-0.3, -0.25) is 4.79 Å². The van der Waals surface area contributed by atoms with Gasteiger partial charge in [-0.1, -0.05) is 29.8 Å². The van der Waals surface area contributed by atoms with Crippen LogP contribution < -0.4 is 4.74 Å². The lowest BCUT2D eigenvalue weighted by atomic mass is 9.93. The van der Waals surface area contributed by atoms with Gasteiger partial charge in [0.05, 0.1) is 6.07 Å². The fourth-order valence-electron chi connectivity index (χ4n) is 4.76. The van der Waals surface area contributed by atoms with E-state index < -0.39 is 15.6 Å². The molecule has 1 aliphatic carbocycles. The average Bonchev–Trinajstić information content (AvgIpc) is 2.83. The van der Waals surface area contributed by atoms with Crippen molar-refractivity contribution in [2.45, 2.75) is 39.7 Å². The summed E-state index contributed by atoms with van der Waals surface area (Å²) < 4.78 is 35.5. The molecular weight excluding hydrogens is 474 g/mol. The van der Waals surface area contributed by atoms with Crippen molar-refractivity contribution in [3.8, 4) is 11.8 Å². The zero-order valence-electron chi connectivity index (χ0n) is 21.1. The SMILES string of the molecule is Cc1cc(C)cc(OC2(C)CC=C(C#N)C=C2S(=O)(=O)N2CCN(C(=O)c3cccc(C)c3)CC2)c1. The summed E-state index contributed by atoms with van der Waals surface area (Å²) in [4.78, 5) is 14.7. The Bertz CT molecular complexity index is 1380. The van der Waals surface area contributed by atoms with E-state index in [1.54, 1.807) is 24.0 Å². The molecule has 1 saturated heterocycles. The summed E-state index contributed by atoms with van der Waals surface area (Å²) >= 11 is 0. The molecule has 8 heteroatoms. The summed E-state index contributed by atoms with van der Waals surface area (Å²) in [5.74, 6) is 0.476. The van der Waals surface area contributed by atoms with Gasteiger partial charge in [-0.2, -0.15) is 9.57 Å². The van der Waals surface area contributed by atoms with E-state index in [4.69, 9.17) is 4.74 Å². The minimum atomic E-state index is -3.96. The Morgan fingerprint density at radius 3 is 2.28 bits per heavy atom. The summed E-state index contributed by atoms with van der Waals surface area (Å²) in [6, 6.07) is 15.2. The molecule has 1 atom stereocenters. The van der Waals surface area contributed by atoms with Crippen molar-refractivity contribution in [3.05, 3.63) is 87.3 Å². The van der Waals surface area contributed by atoms with Crippen molar-refractivity contribution < 1.29 is 17.9 Å². The molecule has 0 radical (unpaired) electrons. The second kappa shape index (κ2) is 9.92.